The van der Waals surface area contributed by atoms with Gasteiger partial charge in [-0.25, -0.2) is 13.8 Å². The summed E-state index contributed by atoms with van der Waals surface area (Å²) in [5, 5.41) is 5.39. The Hall–Kier alpha value is -4.07. The zero-order valence-electron chi connectivity index (χ0n) is 15.8. The fourth-order valence-corrected chi connectivity index (χ4v) is 3.04. The van der Waals surface area contributed by atoms with Crippen molar-refractivity contribution in [2.45, 2.75) is 6.92 Å². The number of carbonyl (C=O) groups is 2. The number of anilines is 2. The van der Waals surface area contributed by atoms with Crippen LogP contribution in [0.5, 0.6) is 0 Å². The van der Waals surface area contributed by atoms with Crippen LogP contribution >= 0.6 is 0 Å². The Balaban J connectivity index is 1.59. The minimum atomic E-state index is -0.594. The minimum Gasteiger partial charge on any atom is -0.338 e. The number of carbonyl (C=O) groups excluding carboxylic acids is 2. The molecule has 0 unspecified atom stereocenters. The van der Waals surface area contributed by atoms with Crippen molar-refractivity contribution in [1.82, 2.24) is 9.97 Å². The van der Waals surface area contributed by atoms with Gasteiger partial charge in [-0.3, -0.25) is 9.59 Å². The van der Waals surface area contributed by atoms with Crippen LogP contribution in [0.4, 0.5) is 20.2 Å². The molecule has 0 bridgehead atoms. The Morgan fingerprint density at radius 1 is 0.933 bits per heavy atom. The first-order valence-electron chi connectivity index (χ1n) is 9.03. The Bertz CT molecular complexity index is 1280. The van der Waals surface area contributed by atoms with Crippen LogP contribution in [0.2, 0.25) is 0 Å². The predicted octanol–water partition coefficient (Wildman–Crippen LogP) is 4.72. The monoisotopic (exact) mass is 406 g/mol. The number of hydrogen-bond acceptors (Lipinski definition) is 3. The van der Waals surface area contributed by atoms with Crippen LogP contribution in [0.25, 0.3) is 22.4 Å². The largest absolute Gasteiger partial charge is 0.338 e. The van der Waals surface area contributed by atoms with Gasteiger partial charge in [0.05, 0.1) is 16.6 Å². The Morgan fingerprint density at radius 3 is 2.53 bits per heavy atom. The quantitative estimate of drug-likeness (QED) is 0.458. The summed E-state index contributed by atoms with van der Waals surface area (Å²) in [5.74, 6) is -1.57. The third-order valence-electron chi connectivity index (χ3n) is 4.37. The number of H-pyrrole nitrogens is 1. The van der Waals surface area contributed by atoms with E-state index in [0.29, 0.717) is 28.0 Å². The van der Waals surface area contributed by atoms with Crippen molar-refractivity contribution in [3.63, 3.8) is 0 Å². The first kappa shape index (κ1) is 19.3. The SMILES string of the molecule is CC(=O)Nc1cccc(C(=O)Nc2ccc3nc(-c4cc(F)ccc4F)[nH]c3c2)c1. The van der Waals surface area contributed by atoms with Crippen LogP contribution in [0.1, 0.15) is 17.3 Å². The van der Waals surface area contributed by atoms with Crippen molar-refractivity contribution in [3.05, 3.63) is 77.9 Å². The van der Waals surface area contributed by atoms with Crippen LogP contribution in [0, 0.1) is 11.6 Å². The van der Waals surface area contributed by atoms with E-state index in [4.69, 9.17) is 0 Å². The second-order valence-electron chi connectivity index (χ2n) is 6.66. The average Bonchev–Trinajstić information content (AvgIpc) is 3.12. The van der Waals surface area contributed by atoms with E-state index in [1.807, 2.05) is 0 Å². The van der Waals surface area contributed by atoms with Gasteiger partial charge in [-0.05, 0) is 54.6 Å². The Kier molecular flexibility index (Phi) is 4.97. The zero-order valence-corrected chi connectivity index (χ0v) is 15.8. The number of fused-ring (bicyclic) bond motifs is 1. The molecule has 30 heavy (non-hydrogen) atoms. The highest BCUT2D eigenvalue weighted by Crippen LogP contribution is 2.26. The molecule has 0 aliphatic rings. The van der Waals surface area contributed by atoms with Gasteiger partial charge in [-0.2, -0.15) is 0 Å². The molecule has 1 heterocycles. The van der Waals surface area contributed by atoms with Gasteiger partial charge in [-0.15, -0.1) is 0 Å². The third kappa shape index (κ3) is 4.02. The molecule has 2 amide bonds. The van der Waals surface area contributed by atoms with Crippen molar-refractivity contribution in [2.24, 2.45) is 0 Å². The molecule has 6 nitrogen and oxygen atoms in total. The molecule has 0 fully saturated rings. The van der Waals surface area contributed by atoms with Gasteiger partial charge in [-0.1, -0.05) is 6.07 Å². The second kappa shape index (κ2) is 7.75. The summed E-state index contributed by atoms with van der Waals surface area (Å²) in [6.07, 6.45) is 0. The van der Waals surface area contributed by atoms with Crippen molar-refractivity contribution >= 4 is 34.2 Å². The Morgan fingerprint density at radius 2 is 1.73 bits per heavy atom. The number of aromatic nitrogens is 2. The van der Waals surface area contributed by atoms with E-state index in [9.17, 15) is 18.4 Å². The number of nitrogens with zero attached hydrogens (tertiary/aromatic N) is 1. The standard InChI is InChI=1S/C22H16F2N4O2/c1-12(29)25-15-4-2-3-13(9-15)22(30)26-16-6-8-19-20(11-16)28-21(27-19)17-10-14(23)5-7-18(17)24/h2-11H,1H3,(H,25,29)(H,26,30)(H,27,28). The van der Waals surface area contributed by atoms with Crippen LogP contribution in [-0.4, -0.2) is 21.8 Å². The summed E-state index contributed by atoms with van der Waals surface area (Å²) in [7, 11) is 0. The first-order valence-corrected chi connectivity index (χ1v) is 9.03. The van der Waals surface area contributed by atoms with E-state index in [-0.39, 0.29) is 23.2 Å². The Labute approximate surface area is 170 Å². The molecule has 0 aliphatic carbocycles. The summed E-state index contributed by atoms with van der Waals surface area (Å²) in [6.45, 7) is 1.39. The molecule has 1 aromatic heterocycles. The van der Waals surface area contributed by atoms with E-state index >= 15 is 0 Å². The molecule has 0 atom stereocenters. The van der Waals surface area contributed by atoms with Crippen LogP contribution in [0.15, 0.2) is 60.7 Å². The van der Waals surface area contributed by atoms with Crippen LogP contribution < -0.4 is 10.6 Å². The van der Waals surface area contributed by atoms with E-state index in [1.54, 1.807) is 42.5 Å². The fraction of sp³-hybridized carbons (Fsp3) is 0.0455. The molecule has 150 valence electrons. The van der Waals surface area contributed by atoms with Gasteiger partial charge in [0, 0.05) is 23.9 Å². The van der Waals surface area contributed by atoms with E-state index in [1.165, 1.54) is 6.92 Å². The lowest BCUT2D eigenvalue weighted by Crippen LogP contribution is -2.13. The van der Waals surface area contributed by atoms with Crippen molar-refractivity contribution < 1.29 is 18.4 Å². The fourth-order valence-electron chi connectivity index (χ4n) is 3.04. The van der Waals surface area contributed by atoms with E-state index in [0.717, 1.165) is 18.2 Å². The second-order valence-corrected chi connectivity index (χ2v) is 6.66. The number of nitrogens with one attached hydrogen (secondary N) is 3. The lowest BCUT2D eigenvalue weighted by molar-refractivity contribution is -0.114. The lowest BCUT2D eigenvalue weighted by Gasteiger charge is -2.07. The number of amides is 2. The molecule has 0 radical (unpaired) electrons. The molecule has 0 aliphatic heterocycles. The van der Waals surface area contributed by atoms with Crippen molar-refractivity contribution in [3.8, 4) is 11.4 Å². The smallest absolute Gasteiger partial charge is 0.255 e. The first-order chi connectivity index (χ1) is 14.4. The summed E-state index contributed by atoms with van der Waals surface area (Å²) in [5.41, 5.74) is 2.49. The number of imidazole rings is 1. The highest BCUT2D eigenvalue weighted by atomic mass is 19.1. The number of halogens is 2. The van der Waals surface area contributed by atoms with E-state index in [2.05, 4.69) is 20.6 Å². The minimum absolute atomic E-state index is 0.0200. The third-order valence-corrected chi connectivity index (χ3v) is 4.37. The normalized spacial score (nSPS) is 10.8. The number of hydrogen-bond donors (Lipinski definition) is 3. The van der Waals surface area contributed by atoms with Crippen molar-refractivity contribution in [2.75, 3.05) is 10.6 Å². The van der Waals surface area contributed by atoms with Gasteiger partial charge in [0.1, 0.15) is 17.5 Å². The maximum absolute atomic E-state index is 14.0. The highest BCUT2D eigenvalue weighted by molar-refractivity contribution is 6.06. The molecule has 8 heteroatoms. The lowest BCUT2D eigenvalue weighted by atomic mass is 10.1. The molecule has 4 aromatic rings. The molecule has 0 saturated heterocycles. The summed E-state index contributed by atoms with van der Waals surface area (Å²) >= 11 is 0. The van der Waals surface area contributed by atoms with Gasteiger partial charge in [0.2, 0.25) is 5.91 Å². The van der Waals surface area contributed by atoms with Gasteiger partial charge < -0.3 is 15.6 Å². The molecule has 3 aromatic carbocycles. The maximum Gasteiger partial charge on any atom is 0.255 e. The van der Waals surface area contributed by atoms with Gasteiger partial charge in [0.25, 0.3) is 5.91 Å². The predicted molar refractivity (Wildman–Crippen MR) is 110 cm³/mol. The molecule has 0 saturated carbocycles. The number of rotatable bonds is 4. The molecule has 3 N–H and O–H groups in total. The van der Waals surface area contributed by atoms with Gasteiger partial charge in [0.15, 0.2) is 0 Å². The van der Waals surface area contributed by atoms with Crippen LogP contribution in [-0.2, 0) is 4.79 Å². The van der Waals surface area contributed by atoms with Gasteiger partial charge >= 0.3 is 0 Å². The maximum atomic E-state index is 14.0. The summed E-state index contributed by atoms with van der Waals surface area (Å²) in [6, 6.07) is 14.7. The molecule has 4 rings (SSSR count). The van der Waals surface area contributed by atoms with Crippen molar-refractivity contribution in [1.29, 1.82) is 0 Å². The average molecular weight is 406 g/mol. The topological polar surface area (TPSA) is 86.9 Å². The highest BCUT2D eigenvalue weighted by Gasteiger charge is 2.13. The van der Waals surface area contributed by atoms with E-state index < -0.39 is 11.6 Å². The zero-order chi connectivity index (χ0) is 21.3. The van der Waals surface area contributed by atoms with Crippen LogP contribution in [0.3, 0.4) is 0 Å². The number of benzene rings is 3. The summed E-state index contributed by atoms with van der Waals surface area (Å²) in [4.78, 5) is 31.0. The molecular formula is C22H16F2N4O2. The molecular weight excluding hydrogens is 390 g/mol. The number of aromatic amines is 1. The summed E-state index contributed by atoms with van der Waals surface area (Å²) < 4.78 is 27.5. The molecule has 0 spiro atoms.